The number of imidazole rings is 1. The Balaban J connectivity index is 0.884. The number of amides is 8. The molecule has 12 N–H and O–H groups in total. The number of hydrogen-bond acceptors (Lipinski definition) is 12. The molecule has 0 radical (unpaired) electrons. The van der Waals surface area contributed by atoms with Crippen LogP contribution in [0, 0.1) is 11.8 Å². The Kier molecular flexibility index (Phi) is 17.8. The van der Waals surface area contributed by atoms with Gasteiger partial charge in [0.05, 0.1) is 40.9 Å². The molecule has 1 aliphatic rings. The summed E-state index contributed by atoms with van der Waals surface area (Å²) in [6.45, 7) is 3.71. The van der Waals surface area contributed by atoms with Gasteiger partial charge in [0, 0.05) is 110 Å². The van der Waals surface area contributed by atoms with Gasteiger partial charge in [0.1, 0.15) is 28.8 Å². The maximum atomic E-state index is 13.3. The fourth-order valence-corrected chi connectivity index (χ4v) is 7.48. The molecule has 5 heterocycles. The van der Waals surface area contributed by atoms with Crippen molar-refractivity contribution >= 4 is 64.3 Å². The number of nitrogens with one attached hydrogen (secondary N) is 10. The molecule has 0 spiro atoms. The third-order valence-electron chi connectivity index (χ3n) is 11.2. The Morgan fingerprint density at radius 1 is 0.714 bits per heavy atom. The molecule has 0 aromatic carbocycles. The first-order chi connectivity index (χ1) is 33.6. The normalized spacial score (nSPS) is 14.2. The molecule has 1 aliphatic carbocycles. The minimum Gasteiger partial charge on any atom is -0.354 e. The highest BCUT2D eigenvalue weighted by Crippen LogP contribution is 2.38. The molecule has 1 fully saturated rings. The molecule has 0 unspecified atom stereocenters. The zero-order valence-corrected chi connectivity index (χ0v) is 39.4. The van der Waals surface area contributed by atoms with Crippen molar-refractivity contribution in [1.29, 1.82) is 0 Å². The van der Waals surface area contributed by atoms with E-state index in [1.54, 1.807) is 83.9 Å². The number of pyridine rings is 1. The second kappa shape index (κ2) is 24.2. The summed E-state index contributed by atoms with van der Waals surface area (Å²) in [6.07, 6.45) is 9.34. The first kappa shape index (κ1) is 51.3. The van der Waals surface area contributed by atoms with Crippen LogP contribution in [-0.2, 0) is 53.3 Å². The molecular formula is C46H60N16O8. The van der Waals surface area contributed by atoms with Gasteiger partial charge in [0.15, 0.2) is 0 Å². The van der Waals surface area contributed by atoms with E-state index >= 15 is 0 Å². The predicted octanol–water partition coefficient (Wildman–Crippen LogP) is -0.132. The number of carbonyl (C=O) groups excluding carboxylic acids is 8. The van der Waals surface area contributed by atoms with Crippen molar-refractivity contribution in [1.82, 2.24) is 60.6 Å². The molecule has 0 saturated heterocycles. The van der Waals surface area contributed by atoms with Crippen molar-refractivity contribution in [3.05, 3.63) is 102 Å². The van der Waals surface area contributed by atoms with E-state index in [0.29, 0.717) is 73.0 Å². The van der Waals surface area contributed by atoms with Gasteiger partial charge in [-0.3, -0.25) is 38.4 Å². The first-order valence-corrected chi connectivity index (χ1v) is 22.8. The minimum absolute atomic E-state index is 0.0636. The Bertz CT molecular complexity index is 2690. The lowest BCUT2D eigenvalue weighted by Crippen LogP contribution is -2.49. The number of aryl methyl sites for hydroxylation is 3. The highest BCUT2D eigenvalue weighted by molar-refractivity contribution is 6.08. The Labute approximate surface area is 403 Å². The van der Waals surface area contributed by atoms with E-state index in [-0.39, 0.29) is 67.4 Å². The van der Waals surface area contributed by atoms with Gasteiger partial charge in [-0.15, -0.1) is 0 Å². The van der Waals surface area contributed by atoms with Gasteiger partial charge in [-0.1, -0.05) is 13.0 Å². The summed E-state index contributed by atoms with van der Waals surface area (Å²) >= 11 is 0. The fourth-order valence-electron chi connectivity index (χ4n) is 7.48. The molecule has 24 nitrogen and oxygen atoms in total. The standard InChI is InChI=1S/C46H60N16O8/c1-5-7-39(63)56-29-17-37(61(3)23-29)45(69)58-31-19-38(62(4)25-31)46(70)57-30-18-36(60(2)24-30)44(68)53-15-13-51-41(65)33-20-32(33)40(64)50-12-14-52-42(66)35(16-28-22-49-26-54-28)59-43(67)34-9-6-8-27(55-34)21-48-11-10-47/h6,8-9,17-19,22-26,32-33,35,48H,5,7,10-16,20-21,47H2,1-4H3,(H,49,54)(H,50,64)(H,51,65)(H,52,66)(H,53,68)(H,56,63)(H,57,70)(H,58,69)(H,59,67)/t32-,33-,35+/m1/s1. The van der Waals surface area contributed by atoms with E-state index in [4.69, 9.17) is 5.73 Å². The molecule has 3 atom stereocenters. The van der Waals surface area contributed by atoms with Crippen LogP contribution in [-0.4, -0.2) is 121 Å². The number of hydrogen-bond donors (Lipinski definition) is 11. The van der Waals surface area contributed by atoms with Crippen LogP contribution in [0.3, 0.4) is 0 Å². The third kappa shape index (κ3) is 14.2. The molecule has 24 heteroatoms. The van der Waals surface area contributed by atoms with Crippen molar-refractivity contribution in [3.63, 3.8) is 0 Å². The van der Waals surface area contributed by atoms with Crippen molar-refractivity contribution in [2.75, 3.05) is 55.2 Å². The van der Waals surface area contributed by atoms with Crippen LogP contribution < -0.4 is 53.6 Å². The molecule has 70 heavy (non-hydrogen) atoms. The lowest BCUT2D eigenvalue weighted by Gasteiger charge is -2.18. The maximum absolute atomic E-state index is 13.3. The number of aromatic amines is 1. The SMILES string of the molecule is CCCC(=O)Nc1cc(C(=O)Nc2cc(C(=O)Nc3cc(C(=O)NCCNC(=O)[C@@H]4C[C@H]4C(=O)NCCNC(=O)[C@H](Cc4cnc[nH]4)NC(=O)c4cccc(CNCCN)n4)n(C)c3)n(C)c2)n(C)c1. The third-order valence-corrected chi connectivity index (χ3v) is 11.2. The van der Waals surface area contributed by atoms with Gasteiger partial charge < -0.3 is 72.3 Å². The number of nitrogens with two attached hydrogens (primary N) is 1. The highest BCUT2D eigenvalue weighted by atomic mass is 16.2. The van der Waals surface area contributed by atoms with Gasteiger partial charge in [-0.25, -0.2) is 9.97 Å². The zero-order valence-electron chi connectivity index (χ0n) is 39.4. The molecule has 5 aromatic rings. The highest BCUT2D eigenvalue weighted by Gasteiger charge is 2.47. The summed E-state index contributed by atoms with van der Waals surface area (Å²) in [5.41, 5.74) is 8.93. The number of aromatic nitrogens is 6. The van der Waals surface area contributed by atoms with Crippen LogP contribution in [0.1, 0.15) is 79.5 Å². The van der Waals surface area contributed by atoms with E-state index in [9.17, 15) is 38.4 Å². The lowest BCUT2D eigenvalue weighted by molar-refractivity contribution is -0.127. The number of H-pyrrole nitrogens is 1. The fraction of sp³-hybridized carbons (Fsp3) is 0.391. The van der Waals surface area contributed by atoms with Crippen molar-refractivity contribution in [2.24, 2.45) is 38.7 Å². The van der Waals surface area contributed by atoms with Gasteiger partial charge in [-0.05, 0) is 43.2 Å². The molecule has 5 aromatic heterocycles. The Hall–Kier alpha value is -8.12. The smallest absolute Gasteiger partial charge is 0.272 e. The number of rotatable bonds is 25. The topological polar surface area (TPSA) is 327 Å². The first-order valence-electron chi connectivity index (χ1n) is 22.8. The monoisotopic (exact) mass is 964 g/mol. The van der Waals surface area contributed by atoms with E-state index in [1.165, 1.54) is 18.5 Å². The number of nitrogens with zero attached hydrogens (tertiary/aromatic N) is 5. The zero-order chi connectivity index (χ0) is 50.3. The summed E-state index contributed by atoms with van der Waals surface area (Å²) in [5, 5.41) is 25.1. The van der Waals surface area contributed by atoms with Crippen LogP contribution >= 0.6 is 0 Å². The molecule has 6 rings (SSSR count). The number of carbonyl (C=O) groups is 8. The second-order valence-corrected chi connectivity index (χ2v) is 16.7. The van der Waals surface area contributed by atoms with Crippen LogP contribution in [0.25, 0.3) is 0 Å². The summed E-state index contributed by atoms with van der Waals surface area (Å²) in [7, 11) is 4.98. The van der Waals surface area contributed by atoms with Gasteiger partial charge in [0.2, 0.25) is 23.6 Å². The van der Waals surface area contributed by atoms with Crippen molar-refractivity contribution < 1.29 is 38.4 Å². The maximum Gasteiger partial charge on any atom is 0.272 e. The average Bonchev–Trinajstić information content (AvgIpc) is 3.59. The van der Waals surface area contributed by atoms with Gasteiger partial charge in [0.25, 0.3) is 23.6 Å². The van der Waals surface area contributed by atoms with E-state index in [1.807, 2.05) is 6.92 Å². The largest absolute Gasteiger partial charge is 0.354 e. The van der Waals surface area contributed by atoms with E-state index in [0.717, 1.165) is 0 Å². The van der Waals surface area contributed by atoms with Crippen molar-refractivity contribution in [3.8, 4) is 0 Å². The lowest BCUT2D eigenvalue weighted by atomic mass is 10.1. The quantitative estimate of drug-likeness (QED) is 0.0341. The number of anilines is 3. The summed E-state index contributed by atoms with van der Waals surface area (Å²) < 4.78 is 4.68. The Morgan fingerprint density at radius 3 is 1.83 bits per heavy atom. The van der Waals surface area contributed by atoms with E-state index in [2.05, 4.69) is 62.8 Å². The Morgan fingerprint density at radius 2 is 1.27 bits per heavy atom. The molecule has 0 aliphatic heterocycles. The molecule has 1 saturated carbocycles. The van der Waals surface area contributed by atoms with Crippen molar-refractivity contribution in [2.45, 2.75) is 45.2 Å². The van der Waals surface area contributed by atoms with Crippen LogP contribution in [0.5, 0.6) is 0 Å². The minimum atomic E-state index is -0.979. The van der Waals surface area contributed by atoms with Crippen LogP contribution in [0.15, 0.2) is 67.5 Å². The van der Waals surface area contributed by atoms with E-state index < -0.39 is 47.4 Å². The average molecular weight is 965 g/mol. The second-order valence-electron chi connectivity index (χ2n) is 16.7. The van der Waals surface area contributed by atoms with Crippen LogP contribution in [0.2, 0.25) is 0 Å². The van der Waals surface area contributed by atoms with Crippen LogP contribution in [0.4, 0.5) is 17.1 Å². The molecule has 0 bridgehead atoms. The predicted molar refractivity (Wildman–Crippen MR) is 257 cm³/mol. The molecular weight excluding hydrogens is 905 g/mol. The molecule has 372 valence electrons. The summed E-state index contributed by atoms with van der Waals surface area (Å²) in [5.74, 6) is -4.29. The summed E-state index contributed by atoms with van der Waals surface area (Å²) in [4.78, 5) is 115. The van der Waals surface area contributed by atoms with Gasteiger partial charge in [-0.2, -0.15) is 0 Å². The van der Waals surface area contributed by atoms with Gasteiger partial charge >= 0.3 is 0 Å². The summed E-state index contributed by atoms with van der Waals surface area (Å²) in [6, 6.07) is 8.63. The molecule has 8 amide bonds.